The second-order valence-corrected chi connectivity index (χ2v) is 5.34. The van der Waals surface area contributed by atoms with Gasteiger partial charge in [-0.1, -0.05) is 18.2 Å². The Morgan fingerprint density at radius 2 is 1.78 bits per heavy atom. The average Bonchev–Trinajstić information content (AvgIpc) is 3.06. The van der Waals surface area contributed by atoms with E-state index >= 15 is 0 Å². The second kappa shape index (κ2) is 5.53. The molecule has 0 spiro atoms. The normalized spacial score (nSPS) is 16.2. The van der Waals surface area contributed by atoms with Crippen LogP contribution in [0.2, 0.25) is 0 Å². The van der Waals surface area contributed by atoms with E-state index in [0.717, 1.165) is 22.6 Å². The highest BCUT2D eigenvalue weighted by Crippen LogP contribution is 2.37. The summed E-state index contributed by atoms with van der Waals surface area (Å²) >= 11 is 0. The molecule has 1 aliphatic heterocycles. The van der Waals surface area contributed by atoms with E-state index in [-0.39, 0.29) is 6.17 Å². The Bertz CT molecular complexity index is 824. The van der Waals surface area contributed by atoms with E-state index in [9.17, 15) is 0 Å². The smallest absolute Gasteiger partial charge is 0.227 e. The average molecular weight is 304 g/mol. The van der Waals surface area contributed by atoms with Crippen molar-refractivity contribution >= 4 is 29.3 Å². The van der Waals surface area contributed by atoms with Crippen molar-refractivity contribution in [1.82, 2.24) is 0 Å². The first-order valence-electron chi connectivity index (χ1n) is 7.38. The van der Waals surface area contributed by atoms with Crippen LogP contribution in [0.5, 0.6) is 0 Å². The summed E-state index contributed by atoms with van der Waals surface area (Å²) in [6, 6.07) is 19.7. The van der Waals surface area contributed by atoms with Gasteiger partial charge in [0.05, 0.1) is 11.8 Å². The molecule has 0 amide bonds. The molecular formula is C18H16N4O. The monoisotopic (exact) mass is 304 g/mol. The van der Waals surface area contributed by atoms with E-state index in [1.807, 2.05) is 60.7 Å². The topological polar surface area (TPSA) is 66.8 Å². The highest BCUT2D eigenvalue weighted by molar-refractivity contribution is 5.85. The zero-order valence-corrected chi connectivity index (χ0v) is 12.4. The molecule has 5 nitrogen and oxygen atoms in total. The fourth-order valence-corrected chi connectivity index (χ4v) is 2.66. The number of nitrogens with zero attached hydrogens (tertiary/aromatic N) is 2. The van der Waals surface area contributed by atoms with E-state index < -0.39 is 0 Å². The summed E-state index contributed by atoms with van der Waals surface area (Å²) in [7, 11) is 0. The maximum Gasteiger partial charge on any atom is 0.227 e. The zero-order valence-electron chi connectivity index (χ0n) is 12.4. The number of furan rings is 1. The number of nitrogen functional groups attached to an aromatic ring is 1. The van der Waals surface area contributed by atoms with Gasteiger partial charge >= 0.3 is 0 Å². The predicted molar refractivity (Wildman–Crippen MR) is 93.0 cm³/mol. The molecule has 1 atom stereocenters. The van der Waals surface area contributed by atoms with Crippen molar-refractivity contribution in [1.29, 1.82) is 0 Å². The molecule has 3 N–H and O–H groups in total. The zero-order chi connectivity index (χ0) is 15.6. The molecule has 1 aliphatic rings. The van der Waals surface area contributed by atoms with Crippen LogP contribution in [0.3, 0.4) is 0 Å². The van der Waals surface area contributed by atoms with Gasteiger partial charge in [0.15, 0.2) is 0 Å². The molecule has 3 aromatic rings. The van der Waals surface area contributed by atoms with E-state index in [1.54, 1.807) is 12.6 Å². The molecule has 0 aliphatic carbocycles. The maximum absolute atomic E-state index is 5.79. The highest BCUT2D eigenvalue weighted by atomic mass is 16.3. The van der Waals surface area contributed by atoms with E-state index in [4.69, 9.17) is 10.2 Å². The Balaban J connectivity index is 1.73. The number of benzene rings is 2. The third kappa shape index (κ3) is 2.53. The molecule has 1 aromatic heterocycles. The minimum absolute atomic E-state index is 0.104. The van der Waals surface area contributed by atoms with E-state index in [1.165, 1.54) is 0 Å². The quantitative estimate of drug-likeness (QED) is 0.713. The number of hydrogen-bond acceptors (Lipinski definition) is 5. The molecule has 2 heterocycles. The van der Waals surface area contributed by atoms with Gasteiger partial charge in [-0.15, -0.1) is 0 Å². The molecule has 0 saturated carbocycles. The lowest BCUT2D eigenvalue weighted by Crippen LogP contribution is -2.34. The maximum atomic E-state index is 5.79. The van der Waals surface area contributed by atoms with Crippen LogP contribution in [-0.2, 0) is 0 Å². The van der Waals surface area contributed by atoms with Crippen LogP contribution < -0.4 is 16.0 Å². The van der Waals surface area contributed by atoms with Gasteiger partial charge in [0.25, 0.3) is 0 Å². The van der Waals surface area contributed by atoms with Gasteiger partial charge in [-0.3, -0.25) is 0 Å². The standard InChI is InChI=1S/C18H16N4O/c19-13-6-8-15(9-7-13)22-12-20-18-16(10-11-23-18)17(22)21-14-4-2-1-3-5-14/h1-12,17,21H,19H2. The number of aliphatic imine (C=N–C) groups is 1. The molecule has 23 heavy (non-hydrogen) atoms. The van der Waals surface area contributed by atoms with Crippen molar-refractivity contribution in [2.75, 3.05) is 16.0 Å². The first-order chi connectivity index (χ1) is 11.3. The van der Waals surface area contributed by atoms with Gasteiger partial charge in [0.2, 0.25) is 5.88 Å². The summed E-state index contributed by atoms with van der Waals surface area (Å²) < 4.78 is 5.44. The van der Waals surface area contributed by atoms with Crippen molar-refractivity contribution < 1.29 is 4.42 Å². The van der Waals surface area contributed by atoms with Gasteiger partial charge in [-0.2, -0.15) is 0 Å². The summed E-state index contributed by atoms with van der Waals surface area (Å²) in [5.74, 6) is 0.630. The Morgan fingerprint density at radius 3 is 2.57 bits per heavy atom. The van der Waals surface area contributed by atoms with Gasteiger partial charge < -0.3 is 20.4 Å². The second-order valence-electron chi connectivity index (χ2n) is 5.34. The van der Waals surface area contributed by atoms with Gasteiger partial charge in [-0.05, 0) is 42.5 Å². The molecule has 0 radical (unpaired) electrons. The number of anilines is 3. The van der Waals surface area contributed by atoms with E-state index in [2.05, 4.69) is 15.2 Å². The third-order valence-electron chi connectivity index (χ3n) is 3.81. The van der Waals surface area contributed by atoms with Crippen molar-refractivity contribution in [2.45, 2.75) is 6.17 Å². The minimum atomic E-state index is -0.104. The molecule has 2 aromatic carbocycles. The lowest BCUT2D eigenvalue weighted by Gasteiger charge is -2.33. The summed E-state index contributed by atoms with van der Waals surface area (Å²) in [6.07, 6.45) is 3.33. The first-order valence-corrected chi connectivity index (χ1v) is 7.38. The van der Waals surface area contributed by atoms with Crippen LogP contribution >= 0.6 is 0 Å². The highest BCUT2D eigenvalue weighted by Gasteiger charge is 2.27. The van der Waals surface area contributed by atoms with Crippen LogP contribution in [0.4, 0.5) is 22.9 Å². The molecule has 0 fully saturated rings. The largest absolute Gasteiger partial charge is 0.446 e. The van der Waals surface area contributed by atoms with Crippen LogP contribution in [-0.4, -0.2) is 6.34 Å². The lowest BCUT2D eigenvalue weighted by molar-refractivity contribution is 0.569. The van der Waals surface area contributed by atoms with Gasteiger partial charge in [0, 0.05) is 17.1 Å². The van der Waals surface area contributed by atoms with Gasteiger partial charge in [-0.25, -0.2) is 4.99 Å². The van der Waals surface area contributed by atoms with Crippen LogP contribution in [0.1, 0.15) is 11.7 Å². The predicted octanol–water partition coefficient (Wildman–Crippen LogP) is 4.15. The number of hydrogen-bond donors (Lipinski definition) is 2. The van der Waals surface area contributed by atoms with Crippen molar-refractivity contribution in [3.8, 4) is 0 Å². The molecule has 1 unspecified atom stereocenters. The number of para-hydroxylation sites is 1. The number of rotatable bonds is 3. The lowest BCUT2D eigenvalue weighted by atomic mass is 10.1. The molecule has 114 valence electrons. The molecule has 5 heteroatoms. The van der Waals surface area contributed by atoms with Crippen LogP contribution in [0.25, 0.3) is 0 Å². The third-order valence-corrected chi connectivity index (χ3v) is 3.81. The molecule has 4 rings (SSSR count). The van der Waals surface area contributed by atoms with Crippen molar-refractivity contribution in [3.05, 3.63) is 72.5 Å². The van der Waals surface area contributed by atoms with Crippen molar-refractivity contribution in [3.63, 3.8) is 0 Å². The molecule has 0 bridgehead atoms. The summed E-state index contributed by atoms with van der Waals surface area (Å²) in [4.78, 5) is 6.45. The Kier molecular flexibility index (Phi) is 3.24. The summed E-state index contributed by atoms with van der Waals surface area (Å²) in [5, 5.41) is 3.53. The molecular weight excluding hydrogens is 288 g/mol. The fourth-order valence-electron chi connectivity index (χ4n) is 2.66. The molecule has 0 saturated heterocycles. The number of nitrogens with one attached hydrogen (secondary N) is 1. The summed E-state index contributed by atoms with van der Waals surface area (Å²) in [5.41, 5.74) is 9.55. The van der Waals surface area contributed by atoms with E-state index in [0.29, 0.717) is 5.88 Å². The summed E-state index contributed by atoms with van der Waals surface area (Å²) in [6.45, 7) is 0. The Labute approximate surface area is 134 Å². The number of nitrogens with two attached hydrogens (primary N) is 1. The van der Waals surface area contributed by atoms with Crippen LogP contribution in [0.15, 0.2) is 76.3 Å². The Morgan fingerprint density at radius 1 is 1.00 bits per heavy atom. The first kappa shape index (κ1) is 13.5. The number of fused-ring (bicyclic) bond motifs is 1. The SMILES string of the molecule is Nc1ccc(N2C=Nc3occc3C2Nc2ccccc2)cc1. The van der Waals surface area contributed by atoms with Crippen LogP contribution in [0, 0.1) is 0 Å². The minimum Gasteiger partial charge on any atom is -0.446 e. The Hall–Kier alpha value is -3.21. The van der Waals surface area contributed by atoms with Crippen molar-refractivity contribution in [2.24, 2.45) is 4.99 Å². The fraction of sp³-hybridized carbons (Fsp3) is 0.0556. The van der Waals surface area contributed by atoms with Gasteiger partial charge in [0.1, 0.15) is 12.5 Å².